The van der Waals surface area contributed by atoms with Crippen LogP contribution in [0.1, 0.15) is 33.8 Å². The van der Waals surface area contributed by atoms with Gasteiger partial charge in [-0.3, -0.25) is 4.79 Å². The average molecular weight is 328 g/mol. The first-order chi connectivity index (χ1) is 11.6. The molecule has 1 saturated heterocycles. The number of amides is 1. The summed E-state index contributed by atoms with van der Waals surface area (Å²) >= 11 is 0. The van der Waals surface area contributed by atoms with Gasteiger partial charge in [0.25, 0.3) is 5.91 Å². The Bertz CT molecular complexity index is 710. The van der Waals surface area contributed by atoms with Crippen LogP contribution in [-0.4, -0.2) is 42.3 Å². The normalized spacial score (nSPS) is 21.0. The van der Waals surface area contributed by atoms with Crippen LogP contribution >= 0.6 is 0 Å². The van der Waals surface area contributed by atoms with Crippen molar-refractivity contribution in [3.63, 3.8) is 0 Å². The van der Waals surface area contributed by atoms with E-state index >= 15 is 0 Å². The number of methoxy groups -OCH3 is 1. The number of hydrogen-bond donors (Lipinski definition) is 0. The number of rotatable bonds is 4. The molecule has 1 aromatic carbocycles. The smallest absolute Gasteiger partial charge is 0.292 e. The van der Waals surface area contributed by atoms with Crippen LogP contribution in [0, 0.1) is 19.8 Å². The van der Waals surface area contributed by atoms with Gasteiger partial charge in [-0.25, -0.2) is 0 Å². The molecular formula is C19H24N2O3. The van der Waals surface area contributed by atoms with Gasteiger partial charge >= 0.3 is 0 Å². The Morgan fingerprint density at radius 1 is 1.38 bits per heavy atom. The zero-order valence-corrected chi connectivity index (χ0v) is 14.5. The topological polar surface area (TPSA) is 55.6 Å². The molecule has 5 nitrogen and oxygen atoms in total. The molecule has 24 heavy (non-hydrogen) atoms. The van der Waals surface area contributed by atoms with Crippen LogP contribution in [0.25, 0.3) is 0 Å². The van der Waals surface area contributed by atoms with Gasteiger partial charge in [-0.2, -0.15) is 0 Å². The molecule has 1 amide bonds. The molecular weight excluding hydrogens is 304 g/mol. The predicted molar refractivity (Wildman–Crippen MR) is 90.9 cm³/mol. The minimum atomic E-state index is -0.0839. The number of ether oxygens (including phenoxy) is 1. The highest BCUT2D eigenvalue weighted by atomic mass is 16.5. The van der Waals surface area contributed by atoms with Gasteiger partial charge in [0, 0.05) is 32.2 Å². The van der Waals surface area contributed by atoms with Crippen LogP contribution in [-0.2, 0) is 11.2 Å². The summed E-state index contributed by atoms with van der Waals surface area (Å²) in [7, 11) is 1.76. The molecule has 2 aromatic rings. The largest absolute Gasteiger partial charge is 0.381 e. The van der Waals surface area contributed by atoms with Crippen molar-refractivity contribution < 1.29 is 14.1 Å². The summed E-state index contributed by atoms with van der Waals surface area (Å²) in [6.07, 6.45) is 1.91. The molecule has 0 unspecified atom stereocenters. The van der Waals surface area contributed by atoms with E-state index in [1.165, 1.54) is 11.1 Å². The Balaban J connectivity index is 1.73. The highest BCUT2D eigenvalue weighted by Crippen LogP contribution is 2.25. The number of carbonyl (C=O) groups is 1. The van der Waals surface area contributed by atoms with Gasteiger partial charge in [0.1, 0.15) is 0 Å². The summed E-state index contributed by atoms with van der Waals surface area (Å²) < 4.78 is 10.8. The first-order valence-electron chi connectivity index (χ1n) is 8.37. The van der Waals surface area contributed by atoms with E-state index < -0.39 is 0 Å². The van der Waals surface area contributed by atoms with Gasteiger partial charge in [0.2, 0.25) is 5.76 Å². The zero-order valence-electron chi connectivity index (χ0n) is 14.5. The molecule has 2 atom stereocenters. The number of aromatic nitrogens is 1. The van der Waals surface area contributed by atoms with Crippen LogP contribution < -0.4 is 0 Å². The maximum Gasteiger partial charge on any atom is 0.292 e. The molecule has 0 spiro atoms. The number of aryl methyl sites for hydroxylation is 2. The van der Waals surface area contributed by atoms with Crippen molar-refractivity contribution in [3.8, 4) is 0 Å². The minimum absolute atomic E-state index is 0.0839. The molecule has 0 saturated carbocycles. The van der Waals surface area contributed by atoms with E-state index in [1.807, 2.05) is 11.8 Å². The minimum Gasteiger partial charge on any atom is -0.381 e. The second-order valence-electron chi connectivity index (χ2n) is 6.60. The molecule has 2 heterocycles. The Hall–Kier alpha value is -2.14. The van der Waals surface area contributed by atoms with Crippen molar-refractivity contribution in [3.05, 3.63) is 52.9 Å². The molecule has 1 aromatic heterocycles. The summed E-state index contributed by atoms with van der Waals surface area (Å²) in [4.78, 5) is 14.5. The fourth-order valence-corrected chi connectivity index (χ4v) is 3.46. The zero-order chi connectivity index (χ0) is 17.1. The highest BCUT2D eigenvalue weighted by molar-refractivity contribution is 5.91. The third kappa shape index (κ3) is 3.67. The lowest BCUT2D eigenvalue weighted by Crippen LogP contribution is -2.47. The van der Waals surface area contributed by atoms with E-state index in [2.05, 4.69) is 36.3 Å². The molecule has 0 bridgehead atoms. The average Bonchev–Trinajstić information content (AvgIpc) is 3.00. The molecule has 3 rings (SSSR count). The molecule has 1 aliphatic rings. The second-order valence-corrected chi connectivity index (χ2v) is 6.60. The monoisotopic (exact) mass is 328 g/mol. The maximum absolute atomic E-state index is 12.6. The van der Waals surface area contributed by atoms with Crippen molar-refractivity contribution >= 4 is 5.91 Å². The van der Waals surface area contributed by atoms with Crippen molar-refractivity contribution in [1.82, 2.24) is 10.1 Å². The molecule has 1 fully saturated rings. The van der Waals surface area contributed by atoms with Crippen molar-refractivity contribution in [1.29, 1.82) is 0 Å². The Morgan fingerprint density at radius 2 is 2.21 bits per heavy atom. The summed E-state index contributed by atoms with van der Waals surface area (Å²) in [5.74, 6) is 0.510. The third-order valence-corrected chi connectivity index (χ3v) is 4.67. The Kier molecular flexibility index (Phi) is 5.00. The Morgan fingerprint density at radius 3 is 2.88 bits per heavy atom. The summed E-state index contributed by atoms with van der Waals surface area (Å²) in [6, 6.07) is 10.2. The summed E-state index contributed by atoms with van der Waals surface area (Å²) in [6.45, 7) is 5.27. The molecule has 0 N–H and O–H groups in total. The van der Waals surface area contributed by atoms with Gasteiger partial charge < -0.3 is 14.2 Å². The second kappa shape index (κ2) is 7.18. The van der Waals surface area contributed by atoms with E-state index in [0.717, 1.165) is 18.5 Å². The summed E-state index contributed by atoms with van der Waals surface area (Å²) in [5.41, 5.74) is 3.26. The maximum atomic E-state index is 12.6. The number of hydrogen-bond acceptors (Lipinski definition) is 4. The molecule has 128 valence electrons. The van der Waals surface area contributed by atoms with E-state index in [1.54, 1.807) is 13.2 Å². The molecule has 1 aliphatic heterocycles. The van der Waals surface area contributed by atoms with Crippen LogP contribution in [0.5, 0.6) is 0 Å². The quantitative estimate of drug-likeness (QED) is 0.866. The SMILES string of the molecule is CO[C@@H]1CCN(C(=O)c2cc(C)no2)C[C@H]1Cc1cccc(C)c1. The fourth-order valence-electron chi connectivity index (χ4n) is 3.46. The number of nitrogens with zero attached hydrogens (tertiary/aromatic N) is 2. The van der Waals surface area contributed by atoms with Gasteiger partial charge in [-0.05, 0) is 32.3 Å². The standard InChI is InChI=1S/C19H24N2O3/c1-13-5-4-6-15(9-13)11-16-12-21(8-7-17(16)23-3)19(22)18-10-14(2)20-24-18/h4-6,9-10,16-17H,7-8,11-12H2,1-3H3/t16-,17-/m1/s1. The van der Waals surface area contributed by atoms with Gasteiger partial charge in [-0.15, -0.1) is 0 Å². The predicted octanol–water partition coefficient (Wildman–Crippen LogP) is 3.01. The molecule has 0 aliphatic carbocycles. The highest BCUT2D eigenvalue weighted by Gasteiger charge is 2.33. The number of piperidine rings is 1. The van der Waals surface area contributed by atoms with Crippen LogP contribution in [0.4, 0.5) is 0 Å². The van der Waals surface area contributed by atoms with Crippen LogP contribution in [0.15, 0.2) is 34.9 Å². The van der Waals surface area contributed by atoms with Crippen molar-refractivity contribution in [2.24, 2.45) is 5.92 Å². The van der Waals surface area contributed by atoms with Crippen molar-refractivity contribution in [2.75, 3.05) is 20.2 Å². The van der Waals surface area contributed by atoms with Gasteiger partial charge in [-0.1, -0.05) is 35.0 Å². The van der Waals surface area contributed by atoms with Crippen molar-refractivity contribution in [2.45, 2.75) is 32.8 Å². The van der Waals surface area contributed by atoms with Gasteiger partial charge in [0.15, 0.2) is 0 Å². The first-order valence-corrected chi connectivity index (χ1v) is 8.37. The third-order valence-electron chi connectivity index (χ3n) is 4.67. The lowest BCUT2D eigenvalue weighted by molar-refractivity contribution is -0.00412. The van der Waals surface area contributed by atoms with E-state index in [4.69, 9.17) is 9.26 Å². The van der Waals surface area contributed by atoms with E-state index in [0.29, 0.717) is 18.8 Å². The first kappa shape index (κ1) is 16.7. The van der Waals surface area contributed by atoms with Gasteiger partial charge in [0.05, 0.1) is 11.8 Å². The number of carbonyl (C=O) groups excluding carboxylic acids is 1. The Labute approximate surface area is 142 Å². The van der Waals surface area contributed by atoms with Crippen LogP contribution in [0.2, 0.25) is 0 Å². The lowest BCUT2D eigenvalue weighted by atomic mass is 9.88. The fraction of sp³-hybridized carbons (Fsp3) is 0.474. The molecule has 5 heteroatoms. The lowest BCUT2D eigenvalue weighted by Gasteiger charge is -2.37. The summed E-state index contributed by atoms with van der Waals surface area (Å²) in [5, 5.41) is 3.81. The van der Waals surface area contributed by atoms with Crippen LogP contribution in [0.3, 0.4) is 0 Å². The van der Waals surface area contributed by atoms with E-state index in [9.17, 15) is 4.79 Å². The molecule has 0 radical (unpaired) electrons. The number of likely N-dealkylation sites (tertiary alicyclic amines) is 1. The number of benzene rings is 1. The van der Waals surface area contributed by atoms with E-state index in [-0.39, 0.29) is 17.9 Å².